The van der Waals surface area contributed by atoms with E-state index in [1.54, 1.807) is 19.1 Å². The molecular weight excluding hydrogens is 358 g/mol. The minimum atomic E-state index is -0.455. The van der Waals surface area contributed by atoms with Gasteiger partial charge in [-0.1, -0.05) is 31.2 Å². The highest BCUT2D eigenvalue weighted by Crippen LogP contribution is 2.22. The summed E-state index contributed by atoms with van der Waals surface area (Å²) in [6.45, 7) is 3.85. The van der Waals surface area contributed by atoms with E-state index in [2.05, 4.69) is 52.6 Å². The van der Waals surface area contributed by atoms with Gasteiger partial charge in [-0.25, -0.2) is 16.3 Å². The molecule has 1 fully saturated rings. The molecule has 1 amide bonds. The third-order valence-corrected chi connectivity index (χ3v) is 4.84. The van der Waals surface area contributed by atoms with E-state index in [-0.39, 0.29) is 17.6 Å². The van der Waals surface area contributed by atoms with Crippen molar-refractivity contribution in [3.8, 4) is 0 Å². The van der Waals surface area contributed by atoms with E-state index in [4.69, 9.17) is 0 Å². The van der Waals surface area contributed by atoms with Crippen molar-refractivity contribution in [1.82, 2.24) is 16.3 Å². The molecule has 1 aliphatic rings. The first-order valence-corrected chi connectivity index (χ1v) is 9.16. The number of nitrogens with zero attached hydrogens (tertiary/aromatic N) is 2. The molecular formula is C20H23N5O3. The van der Waals surface area contributed by atoms with Crippen molar-refractivity contribution in [2.24, 2.45) is 5.10 Å². The average molecular weight is 381 g/mol. The van der Waals surface area contributed by atoms with Crippen molar-refractivity contribution in [3.05, 3.63) is 75.3 Å². The fourth-order valence-electron chi connectivity index (χ4n) is 3.04. The van der Waals surface area contributed by atoms with Crippen molar-refractivity contribution in [2.45, 2.75) is 38.8 Å². The number of carbonyl (C=O) groups is 1. The average Bonchev–Trinajstić information content (AvgIpc) is 3.22. The predicted molar refractivity (Wildman–Crippen MR) is 107 cm³/mol. The van der Waals surface area contributed by atoms with Gasteiger partial charge in [-0.3, -0.25) is 14.9 Å². The maximum Gasteiger partial charge on any atom is 0.269 e. The van der Waals surface area contributed by atoms with Gasteiger partial charge in [0.1, 0.15) is 6.04 Å². The number of rotatable bonds is 6. The van der Waals surface area contributed by atoms with Crippen LogP contribution in [-0.4, -0.2) is 22.6 Å². The quantitative estimate of drug-likeness (QED) is 0.405. The molecule has 3 N–H and O–H groups in total. The molecule has 0 aliphatic carbocycles. The molecule has 0 aromatic heterocycles. The number of nitro groups is 1. The van der Waals surface area contributed by atoms with Crippen LogP contribution in [0.1, 0.15) is 43.0 Å². The number of hydrogen-bond donors (Lipinski definition) is 3. The fraction of sp³-hybridized carbons (Fsp3) is 0.300. The van der Waals surface area contributed by atoms with E-state index in [1.807, 2.05) is 0 Å². The molecule has 1 saturated heterocycles. The van der Waals surface area contributed by atoms with Crippen LogP contribution in [0.3, 0.4) is 0 Å². The third-order valence-electron chi connectivity index (χ3n) is 4.84. The number of hydrazine groups is 1. The lowest BCUT2D eigenvalue weighted by molar-refractivity contribution is -0.384. The Morgan fingerprint density at radius 3 is 2.46 bits per heavy atom. The van der Waals surface area contributed by atoms with Crippen LogP contribution in [0.4, 0.5) is 5.69 Å². The van der Waals surface area contributed by atoms with Gasteiger partial charge in [0.05, 0.1) is 10.6 Å². The van der Waals surface area contributed by atoms with Crippen LogP contribution >= 0.6 is 0 Å². The zero-order chi connectivity index (χ0) is 20.1. The predicted octanol–water partition coefficient (Wildman–Crippen LogP) is 2.61. The first-order chi connectivity index (χ1) is 13.5. The van der Waals surface area contributed by atoms with Crippen molar-refractivity contribution in [2.75, 3.05) is 0 Å². The largest absolute Gasteiger partial charge is 0.271 e. The first kappa shape index (κ1) is 19.7. The van der Waals surface area contributed by atoms with Crippen LogP contribution in [0.5, 0.6) is 0 Å². The van der Waals surface area contributed by atoms with Crippen LogP contribution in [-0.2, 0) is 11.2 Å². The molecule has 2 aromatic rings. The van der Waals surface area contributed by atoms with Gasteiger partial charge in [-0.05, 0) is 48.6 Å². The monoisotopic (exact) mass is 381 g/mol. The lowest BCUT2D eigenvalue weighted by Crippen LogP contribution is -2.41. The van der Waals surface area contributed by atoms with Crippen molar-refractivity contribution >= 4 is 17.3 Å². The second-order valence-electron chi connectivity index (χ2n) is 6.70. The number of hydrogen-bond acceptors (Lipinski definition) is 6. The summed E-state index contributed by atoms with van der Waals surface area (Å²) >= 11 is 0. The number of hydrazone groups is 1. The fourth-order valence-corrected chi connectivity index (χ4v) is 3.04. The van der Waals surface area contributed by atoms with Crippen LogP contribution in [0.25, 0.3) is 0 Å². The Morgan fingerprint density at radius 1 is 1.18 bits per heavy atom. The van der Waals surface area contributed by atoms with E-state index < -0.39 is 11.0 Å². The van der Waals surface area contributed by atoms with Gasteiger partial charge in [0.15, 0.2) is 0 Å². The minimum Gasteiger partial charge on any atom is -0.271 e. The van der Waals surface area contributed by atoms with E-state index in [9.17, 15) is 14.9 Å². The standard InChI is InChI=1S/C20H23N5O3/c1-3-14-4-6-16(7-5-14)18-12-19(23-22-18)20(26)24-21-13(2)15-8-10-17(11-9-15)25(27)28/h4-11,18-19,22-23H,3,12H2,1-2H3,(H,24,26)/b21-13+. The normalized spacial score (nSPS) is 19.4. The molecule has 2 unspecified atom stereocenters. The molecule has 8 heteroatoms. The molecule has 1 heterocycles. The van der Waals surface area contributed by atoms with Crippen molar-refractivity contribution in [1.29, 1.82) is 0 Å². The van der Waals surface area contributed by atoms with Crippen LogP contribution in [0.15, 0.2) is 53.6 Å². The molecule has 0 radical (unpaired) electrons. The molecule has 2 aromatic carbocycles. The molecule has 0 saturated carbocycles. The zero-order valence-corrected chi connectivity index (χ0v) is 15.8. The molecule has 146 valence electrons. The number of non-ortho nitro benzene ring substituents is 1. The Labute approximate surface area is 163 Å². The summed E-state index contributed by atoms with van der Waals surface area (Å²) in [5.74, 6) is -0.235. The van der Waals surface area contributed by atoms with Gasteiger partial charge < -0.3 is 0 Å². The molecule has 28 heavy (non-hydrogen) atoms. The maximum absolute atomic E-state index is 12.4. The summed E-state index contributed by atoms with van der Waals surface area (Å²) in [6.07, 6.45) is 1.61. The van der Waals surface area contributed by atoms with Crippen LogP contribution < -0.4 is 16.3 Å². The molecule has 0 bridgehead atoms. The highest BCUT2D eigenvalue weighted by molar-refractivity contribution is 5.99. The van der Waals surface area contributed by atoms with Crippen LogP contribution in [0.2, 0.25) is 0 Å². The number of carbonyl (C=O) groups excluding carboxylic acids is 1. The lowest BCUT2D eigenvalue weighted by atomic mass is 10.00. The topological polar surface area (TPSA) is 109 Å². The number of amides is 1. The number of nitrogens with one attached hydrogen (secondary N) is 3. The number of benzene rings is 2. The van der Waals surface area contributed by atoms with Crippen molar-refractivity contribution in [3.63, 3.8) is 0 Å². The summed E-state index contributed by atoms with van der Waals surface area (Å²) in [6, 6.07) is 14.0. The van der Waals surface area contributed by atoms with Crippen LogP contribution in [0, 0.1) is 10.1 Å². The Morgan fingerprint density at radius 2 is 1.86 bits per heavy atom. The highest BCUT2D eigenvalue weighted by atomic mass is 16.6. The highest BCUT2D eigenvalue weighted by Gasteiger charge is 2.30. The van der Waals surface area contributed by atoms with Crippen molar-refractivity contribution < 1.29 is 9.72 Å². The van der Waals surface area contributed by atoms with E-state index in [0.29, 0.717) is 17.7 Å². The Bertz CT molecular complexity index is 878. The van der Waals surface area contributed by atoms with Gasteiger partial charge >= 0.3 is 0 Å². The minimum absolute atomic E-state index is 0.0137. The number of aryl methyl sites for hydroxylation is 1. The Balaban J connectivity index is 1.57. The molecule has 8 nitrogen and oxygen atoms in total. The smallest absolute Gasteiger partial charge is 0.269 e. The first-order valence-electron chi connectivity index (χ1n) is 9.16. The maximum atomic E-state index is 12.4. The van der Waals surface area contributed by atoms with Gasteiger partial charge in [0.25, 0.3) is 11.6 Å². The second kappa shape index (κ2) is 8.73. The Hall–Kier alpha value is -3.10. The van der Waals surface area contributed by atoms with E-state index in [1.165, 1.54) is 17.7 Å². The SMILES string of the molecule is CCc1ccc(C2CC(C(=O)N/N=C(\C)c3ccc([N+](=O)[O-])cc3)NN2)cc1. The summed E-state index contributed by atoms with van der Waals surface area (Å²) in [7, 11) is 0. The van der Waals surface area contributed by atoms with Gasteiger partial charge in [-0.2, -0.15) is 5.10 Å². The number of nitro benzene ring substituents is 1. The molecule has 1 aliphatic heterocycles. The summed E-state index contributed by atoms with van der Waals surface area (Å²) in [5, 5.41) is 14.8. The lowest BCUT2D eigenvalue weighted by Gasteiger charge is -2.10. The van der Waals surface area contributed by atoms with Gasteiger partial charge in [0.2, 0.25) is 0 Å². The molecule has 3 rings (SSSR count). The second-order valence-corrected chi connectivity index (χ2v) is 6.70. The zero-order valence-electron chi connectivity index (χ0n) is 15.8. The van der Waals surface area contributed by atoms with E-state index in [0.717, 1.165) is 12.0 Å². The Kier molecular flexibility index (Phi) is 6.13. The van der Waals surface area contributed by atoms with Gasteiger partial charge in [0, 0.05) is 18.2 Å². The molecule has 0 spiro atoms. The molecule has 2 atom stereocenters. The van der Waals surface area contributed by atoms with Gasteiger partial charge in [-0.15, -0.1) is 0 Å². The summed E-state index contributed by atoms with van der Waals surface area (Å²) in [4.78, 5) is 22.6. The summed E-state index contributed by atoms with van der Waals surface area (Å²) in [5.41, 5.74) is 12.4. The third kappa shape index (κ3) is 4.59. The summed E-state index contributed by atoms with van der Waals surface area (Å²) < 4.78 is 0. The van der Waals surface area contributed by atoms with E-state index >= 15 is 0 Å².